The Bertz CT molecular complexity index is 823. The molecule has 0 atom stereocenters. The molecule has 0 bridgehead atoms. The number of hydrogen-bond donors (Lipinski definition) is 1. The smallest absolute Gasteiger partial charge is 0.341 e. The molecule has 0 spiro atoms. The Morgan fingerprint density at radius 1 is 1.19 bits per heavy atom. The molecule has 1 N–H and O–H groups in total. The number of rotatable bonds is 7. The second kappa shape index (κ2) is 8.57. The average molecular weight is 388 g/mol. The summed E-state index contributed by atoms with van der Waals surface area (Å²) in [6.07, 6.45) is 2.84. The van der Waals surface area contributed by atoms with Crippen molar-refractivity contribution in [3.05, 3.63) is 45.8 Å². The predicted molar refractivity (Wildman–Crippen MR) is 107 cm³/mol. The molecule has 6 heteroatoms. The molecule has 0 radical (unpaired) electrons. The van der Waals surface area contributed by atoms with Crippen molar-refractivity contribution in [2.24, 2.45) is 0 Å². The van der Waals surface area contributed by atoms with Crippen molar-refractivity contribution in [2.75, 3.05) is 18.5 Å². The highest BCUT2D eigenvalue weighted by Gasteiger charge is 2.28. The maximum atomic E-state index is 12.3. The van der Waals surface area contributed by atoms with Crippen molar-refractivity contribution in [1.82, 2.24) is 0 Å². The molecule has 5 nitrogen and oxygen atoms in total. The Kier molecular flexibility index (Phi) is 6.16. The third-order valence-electron chi connectivity index (χ3n) is 4.57. The van der Waals surface area contributed by atoms with E-state index < -0.39 is 0 Å². The summed E-state index contributed by atoms with van der Waals surface area (Å²) in [5.41, 5.74) is 2.77. The molecular formula is C21H25NO4S. The minimum absolute atomic E-state index is 0.105. The van der Waals surface area contributed by atoms with Gasteiger partial charge in [-0.1, -0.05) is 26.0 Å². The lowest BCUT2D eigenvalue weighted by atomic mass is 10.0. The number of anilines is 1. The van der Waals surface area contributed by atoms with Crippen LogP contribution in [-0.2, 0) is 22.4 Å². The van der Waals surface area contributed by atoms with Crippen LogP contribution in [0.2, 0.25) is 0 Å². The summed E-state index contributed by atoms with van der Waals surface area (Å²) >= 11 is 1.47. The topological polar surface area (TPSA) is 64.6 Å². The highest BCUT2D eigenvalue weighted by Crippen LogP contribution is 2.39. The van der Waals surface area contributed by atoms with Crippen molar-refractivity contribution in [1.29, 1.82) is 0 Å². The molecule has 2 aromatic rings. The van der Waals surface area contributed by atoms with Gasteiger partial charge in [0.25, 0.3) is 5.91 Å². The number of fused-ring (bicyclic) bond motifs is 1. The summed E-state index contributed by atoms with van der Waals surface area (Å²) in [7, 11) is 0. The average Bonchev–Trinajstić information content (AvgIpc) is 3.21. The fourth-order valence-corrected chi connectivity index (χ4v) is 4.47. The van der Waals surface area contributed by atoms with Gasteiger partial charge in [0.15, 0.2) is 6.61 Å². The Labute approximate surface area is 163 Å². The number of amides is 1. The van der Waals surface area contributed by atoms with E-state index in [4.69, 9.17) is 9.47 Å². The van der Waals surface area contributed by atoms with Crippen molar-refractivity contribution in [3.8, 4) is 5.75 Å². The van der Waals surface area contributed by atoms with E-state index in [2.05, 4.69) is 19.2 Å². The zero-order valence-corrected chi connectivity index (χ0v) is 16.8. The number of aryl methyl sites for hydroxylation is 1. The molecule has 144 valence electrons. The molecule has 3 rings (SSSR count). The first-order valence-corrected chi connectivity index (χ1v) is 10.2. The third kappa shape index (κ3) is 4.50. The maximum absolute atomic E-state index is 12.3. The fourth-order valence-electron chi connectivity index (χ4n) is 3.17. The van der Waals surface area contributed by atoms with Gasteiger partial charge in [0.05, 0.1) is 12.2 Å². The van der Waals surface area contributed by atoms with E-state index in [0.717, 1.165) is 24.8 Å². The summed E-state index contributed by atoms with van der Waals surface area (Å²) in [5.74, 6) is 0.448. The first-order chi connectivity index (χ1) is 13.0. The number of esters is 1. The number of thiophene rings is 1. The van der Waals surface area contributed by atoms with Crippen molar-refractivity contribution in [3.63, 3.8) is 0 Å². The van der Waals surface area contributed by atoms with Gasteiger partial charge in [-0.05, 0) is 55.4 Å². The Balaban J connectivity index is 1.65. The first-order valence-electron chi connectivity index (χ1n) is 9.33. The van der Waals surface area contributed by atoms with Crippen LogP contribution in [-0.4, -0.2) is 25.1 Å². The molecule has 0 fully saturated rings. The summed E-state index contributed by atoms with van der Waals surface area (Å²) < 4.78 is 10.8. The fraction of sp³-hybridized carbons (Fsp3) is 0.429. The van der Waals surface area contributed by atoms with Crippen LogP contribution in [0, 0.1) is 0 Å². The van der Waals surface area contributed by atoms with E-state index in [1.54, 1.807) is 6.92 Å². The number of nitrogens with one attached hydrogen (secondary N) is 1. The van der Waals surface area contributed by atoms with E-state index >= 15 is 0 Å². The van der Waals surface area contributed by atoms with Crippen LogP contribution in [0.5, 0.6) is 5.75 Å². The Hall–Kier alpha value is -2.34. The minimum Gasteiger partial charge on any atom is -0.484 e. The van der Waals surface area contributed by atoms with Gasteiger partial charge >= 0.3 is 5.97 Å². The van der Waals surface area contributed by atoms with Crippen LogP contribution in [0.3, 0.4) is 0 Å². The molecule has 0 saturated carbocycles. The molecule has 1 aliphatic carbocycles. The van der Waals surface area contributed by atoms with Crippen molar-refractivity contribution in [2.45, 2.75) is 46.0 Å². The van der Waals surface area contributed by atoms with Crippen LogP contribution in [0.4, 0.5) is 5.00 Å². The standard InChI is InChI=1S/C21H25NO4S/c1-4-25-21(24)19-16-6-5-7-17(16)27-20(19)22-18(23)12-26-15-10-8-14(9-11-15)13(2)3/h8-11,13H,4-7,12H2,1-3H3,(H,22,23). The molecule has 0 saturated heterocycles. The lowest BCUT2D eigenvalue weighted by Crippen LogP contribution is -2.21. The number of ether oxygens (including phenoxy) is 2. The van der Waals surface area contributed by atoms with E-state index in [0.29, 0.717) is 28.8 Å². The lowest BCUT2D eigenvalue weighted by molar-refractivity contribution is -0.118. The van der Waals surface area contributed by atoms with Crippen LogP contribution in [0.25, 0.3) is 0 Å². The normalized spacial score (nSPS) is 12.7. The van der Waals surface area contributed by atoms with Crippen LogP contribution in [0.15, 0.2) is 24.3 Å². The molecular weight excluding hydrogens is 362 g/mol. The Morgan fingerprint density at radius 2 is 1.93 bits per heavy atom. The van der Waals surface area contributed by atoms with Gasteiger partial charge in [0.1, 0.15) is 10.8 Å². The molecule has 1 amide bonds. The van der Waals surface area contributed by atoms with Gasteiger partial charge in [0, 0.05) is 4.88 Å². The number of carbonyl (C=O) groups excluding carboxylic acids is 2. The van der Waals surface area contributed by atoms with Gasteiger partial charge in [-0.15, -0.1) is 11.3 Å². The largest absolute Gasteiger partial charge is 0.484 e. The number of carbonyl (C=O) groups is 2. The third-order valence-corrected chi connectivity index (χ3v) is 5.78. The van der Waals surface area contributed by atoms with Crippen molar-refractivity contribution < 1.29 is 19.1 Å². The second-order valence-electron chi connectivity index (χ2n) is 6.84. The highest BCUT2D eigenvalue weighted by molar-refractivity contribution is 7.17. The van der Waals surface area contributed by atoms with Crippen LogP contribution in [0.1, 0.15) is 59.5 Å². The number of benzene rings is 1. The van der Waals surface area contributed by atoms with Gasteiger partial charge in [-0.25, -0.2) is 4.79 Å². The van der Waals surface area contributed by atoms with Crippen LogP contribution >= 0.6 is 11.3 Å². The van der Waals surface area contributed by atoms with E-state index in [9.17, 15) is 9.59 Å². The molecule has 0 unspecified atom stereocenters. The van der Waals surface area contributed by atoms with Crippen LogP contribution < -0.4 is 10.1 Å². The van der Waals surface area contributed by atoms with Gasteiger partial charge in [-0.3, -0.25) is 4.79 Å². The summed E-state index contributed by atoms with van der Waals surface area (Å²) in [5, 5.41) is 3.40. The molecule has 1 aromatic carbocycles. The monoisotopic (exact) mass is 387 g/mol. The lowest BCUT2D eigenvalue weighted by Gasteiger charge is -2.10. The molecule has 1 aromatic heterocycles. The Morgan fingerprint density at radius 3 is 2.59 bits per heavy atom. The number of hydrogen-bond acceptors (Lipinski definition) is 5. The summed E-state index contributed by atoms with van der Waals surface area (Å²) in [4.78, 5) is 25.8. The predicted octanol–water partition coefficient (Wildman–Crippen LogP) is 4.55. The van der Waals surface area contributed by atoms with E-state index in [-0.39, 0.29) is 18.5 Å². The summed E-state index contributed by atoms with van der Waals surface area (Å²) in [6.45, 7) is 6.24. The zero-order valence-electron chi connectivity index (χ0n) is 16.0. The first kappa shape index (κ1) is 19.4. The van der Waals surface area contributed by atoms with Gasteiger partial charge < -0.3 is 14.8 Å². The van der Waals surface area contributed by atoms with E-state index in [1.165, 1.54) is 21.8 Å². The zero-order chi connectivity index (χ0) is 19.4. The van der Waals surface area contributed by atoms with Gasteiger partial charge in [-0.2, -0.15) is 0 Å². The molecule has 0 aliphatic heterocycles. The van der Waals surface area contributed by atoms with E-state index in [1.807, 2.05) is 24.3 Å². The van der Waals surface area contributed by atoms with Crippen molar-refractivity contribution >= 4 is 28.2 Å². The quantitative estimate of drug-likeness (QED) is 0.708. The maximum Gasteiger partial charge on any atom is 0.341 e. The molecule has 27 heavy (non-hydrogen) atoms. The highest BCUT2D eigenvalue weighted by atomic mass is 32.1. The minimum atomic E-state index is -0.364. The molecule has 1 heterocycles. The second-order valence-corrected chi connectivity index (χ2v) is 7.95. The van der Waals surface area contributed by atoms with Gasteiger partial charge in [0.2, 0.25) is 0 Å². The SMILES string of the molecule is CCOC(=O)c1c(NC(=O)COc2ccc(C(C)C)cc2)sc2c1CCC2. The summed E-state index contributed by atoms with van der Waals surface area (Å²) in [6, 6.07) is 7.74. The molecule has 1 aliphatic rings.